The zero-order chi connectivity index (χ0) is 13.1. The number of fused-ring (bicyclic) bond motifs is 1. The van der Waals surface area contributed by atoms with Crippen molar-refractivity contribution < 1.29 is 0 Å². The van der Waals surface area contributed by atoms with E-state index < -0.39 is 0 Å². The largest absolute Gasteiger partial charge is 0.382 e. The molecule has 4 heteroatoms. The first-order chi connectivity index (χ1) is 9.33. The summed E-state index contributed by atoms with van der Waals surface area (Å²) in [7, 11) is 0. The van der Waals surface area contributed by atoms with Crippen molar-refractivity contribution in [1.29, 1.82) is 0 Å². The number of para-hydroxylation sites is 1. The molecule has 0 radical (unpaired) electrons. The molecule has 1 aliphatic heterocycles. The topological polar surface area (TPSA) is 28.2 Å². The molecule has 0 unspecified atom stereocenters. The minimum atomic E-state index is 0.983. The van der Waals surface area contributed by atoms with Gasteiger partial charge in [0.2, 0.25) is 0 Å². The smallest absolute Gasteiger partial charge is 0.0934 e. The second kappa shape index (κ2) is 5.88. The van der Waals surface area contributed by atoms with Gasteiger partial charge in [-0.05, 0) is 54.0 Å². The van der Waals surface area contributed by atoms with Crippen molar-refractivity contribution in [3.8, 4) is 0 Å². The van der Waals surface area contributed by atoms with Crippen molar-refractivity contribution in [2.75, 3.05) is 31.5 Å². The molecule has 2 heterocycles. The normalized spacial score (nSPS) is 16.1. The molecule has 1 aliphatic rings. The molecule has 1 N–H and O–H groups in total. The van der Waals surface area contributed by atoms with Crippen LogP contribution in [0.25, 0.3) is 10.9 Å². The Morgan fingerprint density at radius 2 is 2.11 bits per heavy atom. The van der Waals surface area contributed by atoms with Crippen LogP contribution in [0.2, 0.25) is 0 Å². The van der Waals surface area contributed by atoms with E-state index in [9.17, 15) is 0 Å². The van der Waals surface area contributed by atoms with Gasteiger partial charge in [0.05, 0.1) is 11.2 Å². The third kappa shape index (κ3) is 3.07. The third-order valence-electron chi connectivity index (χ3n) is 3.62. The Morgan fingerprint density at radius 1 is 1.26 bits per heavy atom. The molecule has 2 aromatic rings. The zero-order valence-corrected chi connectivity index (χ0v) is 12.5. The Labute approximate surface area is 122 Å². The Morgan fingerprint density at radius 3 is 2.95 bits per heavy atom. The fourth-order valence-corrected chi connectivity index (χ4v) is 2.98. The van der Waals surface area contributed by atoms with Gasteiger partial charge in [-0.3, -0.25) is 4.98 Å². The summed E-state index contributed by atoms with van der Waals surface area (Å²) >= 11 is 3.46. The van der Waals surface area contributed by atoms with Crippen LogP contribution in [0.4, 0.5) is 5.69 Å². The van der Waals surface area contributed by atoms with Crippen LogP contribution >= 0.6 is 15.9 Å². The van der Waals surface area contributed by atoms with Crippen molar-refractivity contribution in [2.24, 2.45) is 0 Å². The maximum Gasteiger partial charge on any atom is 0.0934 e. The fourth-order valence-electron chi connectivity index (χ4n) is 2.63. The van der Waals surface area contributed by atoms with E-state index in [4.69, 9.17) is 0 Å². The molecular weight excluding hydrogens is 302 g/mol. The number of benzene rings is 1. The molecule has 0 atom stereocenters. The van der Waals surface area contributed by atoms with Crippen molar-refractivity contribution in [3.05, 3.63) is 34.9 Å². The summed E-state index contributed by atoms with van der Waals surface area (Å²) in [5, 5.41) is 4.68. The monoisotopic (exact) mass is 319 g/mol. The van der Waals surface area contributed by atoms with Crippen LogP contribution in [0.5, 0.6) is 0 Å². The molecule has 0 amide bonds. The lowest BCUT2D eigenvalue weighted by atomic mass is 10.2. The molecule has 1 aromatic carbocycles. The molecule has 19 heavy (non-hydrogen) atoms. The van der Waals surface area contributed by atoms with Gasteiger partial charge in [0.15, 0.2) is 0 Å². The quantitative estimate of drug-likeness (QED) is 0.934. The van der Waals surface area contributed by atoms with E-state index in [2.05, 4.69) is 55.4 Å². The molecule has 0 saturated carbocycles. The molecule has 0 aliphatic carbocycles. The number of rotatable bonds is 4. The predicted octanol–water partition coefficient (Wildman–Crippen LogP) is 3.51. The van der Waals surface area contributed by atoms with Gasteiger partial charge in [-0.2, -0.15) is 0 Å². The highest BCUT2D eigenvalue weighted by atomic mass is 79.9. The SMILES string of the molecule is Brc1cnc2c(NCCN3CCCC3)cccc2c1. The number of hydrogen-bond acceptors (Lipinski definition) is 3. The van der Waals surface area contributed by atoms with Crippen LogP contribution < -0.4 is 5.32 Å². The van der Waals surface area contributed by atoms with Crippen LogP contribution in [0, 0.1) is 0 Å². The molecule has 1 aromatic heterocycles. The molecule has 0 bridgehead atoms. The standard InChI is InChI=1S/C15H18BrN3/c16-13-10-12-4-3-5-14(15(12)18-11-13)17-6-9-19-7-1-2-8-19/h3-5,10-11,17H,1-2,6-9H2. The molecule has 0 spiro atoms. The molecule has 3 nitrogen and oxygen atoms in total. The number of nitrogens with one attached hydrogen (secondary N) is 1. The highest BCUT2D eigenvalue weighted by Crippen LogP contribution is 2.23. The first-order valence-electron chi connectivity index (χ1n) is 6.83. The average molecular weight is 320 g/mol. The number of likely N-dealkylation sites (tertiary alicyclic amines) is 1. The van der Waals surface area contributed by atoms with Gasteiger partial charge in [0, 0.05) is 29.1 Å². The third-order valence-corrected chi connectivity index (χ3v) is 4.05. The first kappa shape index (κ1) is 12.9. The molecule has 1 saturated heterocycles. The maximum absolute atomic E-state index is 4.51. The van der Waals surface area contributed by atoms with Crippen LogP contribution in [0.15, 0.2) is 34.9 Å². The Balaban J connectivity index is 1.70. The predicted molar refractivity (Wildman–Crippen MR) is 83.6 cm³/mol. The van der Waals surface area contributed by atoms with Crippen LogP contribution in [0.1, 0.15) is 12.8 Å². The Hall–Kier alpha value is -1.13. The second-order valence-electron chi connectivity index (χ2n) is 5.01. The van der Waals surface area contributed by atoms with Crippen molar-refractivity contribution in [2.45, 2.75) is 12.8 Å². The van der Waals surface area contributed by atoms with E-state index in [1.165, 1.54) is 31.3 Å². The van der Waals surface area contributed by atoms with E-state index in [1.54, 1.807) is 0 Å². The first-order valence-corrected chi connectivity index (χ1v) is 7.63. The van der Waals surface area contributed by atoms with Gasteiger partial charge < -0.3 is 10.2 Å². The Kier molecular flexibility index (Phi) is 3.99. The summed E-state index contributed by atoms with van der Waals surface area (Å²) in [6.07, 6.45) is 4.56. The lowest BCUT2D eigenvalue weighted by molar-refractivity contribution is 0.353. The van der Waals surface area contributed by atoms with Gasteiger partial charge in [0.25, 0.3) is 0 Å². The number of halogens is 1. The Bertz CT molecular complexity index is 564. The van der Waals surface area contributed by atoms with E-state index in [-0.39, 0.29) is 0 Å². The van der Waals surface area contributed by atoms with E-state index in [0.717, 1.165) is 28.8 Å². The minimum Gasteiger partial charge on any atom is -0.382 e. The molecular formula is C15H18BrN3. The number of pyridine rings is 1. The highest BCUT2D eigenvalue weighted by molar-refractivity contribution is 9.10. The molecule has 3 rings (SSSR count). The number of nitrogens with zero attached hydrogens (tertiary/aromatic N) is 2. The van der Waals surface area contributed by atoms with Gasteiger partial charge >= 0.3 is 0 Å². The van der Waals surface area contributed by atoms with Crippen LogP contribution in [-0.4, -0.2) is 36.1 Å². The summed E-state index contributed by atoms with van der Waals surface area (Å²) in [5.41, 5.74) is 2.18. The fraction of sp³-hybridized carbons (Fsp3) is 0.400. The van der Waals surface area contributed by atoms with E-state index in [0.29, 0.717) is 0 Å². The van der Waals surface area contributed by atoms with Crippen molar-refractivity contribution >= 4 is 32.5 Å². The summed E-state index contributed by atoms with van der Waals surface area (Å²) in [6, 6.07) is 8.38. The number of anilines is 1. The maximum atomic E-state index is 4.51. The lowest BCUT2D eigenvalue weighted by Gasteiger charge is -2.16. The van der Waals surface area contributed by atoms with E-state index >= 15 is 0 Å². The van der Waals surface area contributed by atoms with Crippen molar-refractivity contribution in [1.82, 2.24) is 9.88 Å². The summed E-state index contributed by atoms with van der Waals surface area (Å²) < 4.78 is 1.02. The van der Waals surface area contributed by atoms with Crippen LogP contribution in [-0.2, 0) is 0 Å². The molecule has 1 fully saturated rings. The zero-order valence-electron chi connectivity index (χ0n) is 10.9. The van der Waals surface area contributed by atoms with Crippen molar-refractivity contribution in [3.63, 3.8) is 0 Å². The number of hydrogen-bond donors (Lipinski definition) is 1. The van der Waals surface area contributed by atoms with Gasteiger partial charge in [-0.1, -0.05) is 12.1 Å². The minimum absolute atomic E-state index is 0.983. The van der Waals surface area contributed by atoms with Crippen LogP contribution in [0.3, 0.4) is 0 Å². The van der Waals surface area contributed by atoms with Gasteiger partial charge in [0.1, 0.15) is 0 Å². The molecule has 100 valence electrons. The summed E-state index contributed by atoms with van der Waals surface area (Å²) in [5.74, 6) is 0. The second-order valence-corrected chi connectivity index (χ2v) is 5.92. The highest BCUT2D eigenvalue weighted by Gasteiger charge is 2.10. The summed E-state index contributed by atoms with van der Waals surface area (Å²) in [6.45, 7) is 4.61. The average Bonchev–Trinajstić information content (AvgIpc) is 2.92. The summed E-state index contributed by atoms with van der Waals surface area (Å²) in [4.78, 5) is 7.02. The van der Waals surface area contributed by atoms with Gasteiger partial charge in [-0.25, -0.2) is 0 Å². The van der Waals surface area contributed by atoms with Gasteiger partial charge in [-0.15, -0.1) is 0 Å². The lowest BCUT2D eigenvalue weighted by Crippen LogP contribution is -2.26. The number of aromatic nitrogens is 1. The van der Waals surface area contributed by atoms with E-state index in [1.807, 2.05) is 6.20 Å².